The van der Waals surface area contributed by atoms with Gasteiger partial charge in [-0.1, -0.05) is 24.3 Å². The predicted molar refractivity (Wildman–Crippen MR) is 147 cm³/mol. The van der Waals surface area contributed by atoms with Crippen LogP contribution in [0.4, 0.5) is 0 Å². The van der Waals surface area contributed by atoms with Crippen LogP contribution in [0, 0.1) is 0 Å². The van der Waals surface area contributed by atoms with Gasteiger partial charge in [-0.15, -0.1) is 15.3 Å². The third kappa shape index (κ3) is 4.65. The molecule has 0 spiro atoms. The predicted octanol–water partition coefficient (Wildman–Crippen LogP) is 5.30. The van der Waals surface area contributed by atoms with Crippen LogP contribution in [-0.4, -0.2) is 36.0 Å². The third-order valence-corrected chi connectivity index (χ3v) is 6.25. The van der Waals surface area contributed by atoms with E-state index in [-0.39, 0.29) is 0 Å². The maximum Gasteiger partial charge on any atom is 0.249 e. The van der Waals surface area contributed by atoms with Gasteiger partial charge in [0.25, 0.3) is 0 Å². The molecule has 0 bridgehead atoms. The van der Waals surface area contributed by atoms with Gasteiger partial charge in [-0.3, -0.25) is 25.4 Å². The number of hydrazone groups is 1. The van der Waals surface area contributed by atoms with Crippen molar-refractivity contribution in [3.05, 3.63) is 121 Å². The molecule has 0 amide bonds. The Morgan fingerprint density at radius 1 is 0.575 bits per heavy atom. The molecule has 1 aromatic carbocycles. The lowest BCUT2D eigenvalue weighted by molar-refractivity contribution is 0.192. The second-order valence-electron chi connectivity index (χ2n) is 8.88. The molecular formula is C30H20N8O2. The minimum Gasteiger partial charge on any atom is -0.446 e. The zero-order valence-electron chi connectivity index (χ0n) is 20.9. The first kappa shape index (κ1) is 23.4. The van der Waals surface area contributed by atoms with E-state index in [1.54, 1.807) is 24.8 Å². The maximum atomic E-state index is 6.10. The monoisotopic (exact) mass is 524 g/mol. The Kier molecular flexibility index (Phi) is 5.94. The molecule has 1 aliphatic heterocycles. The molecule has 6 heterocycles. The molecule has 7 rings (SSSR count). The summed E-state index contributed by atoms with van der Waals surface area (Å²) in [6, 6.07) is 26.7. The molecule has 0 fully saturated rings. The highest BCUT2D eigenvalue weighted by Crippen LogP contribution is 2.29. The van der Waals surface area contributed by atoms with Crippen molar-refractivity contribution >= 4 is 5.90 Å². The summed E-state index contributed by atoms with van der Waals surface area (Å²) >= 11 is 0. The Balaban J connectivity index is 1.05. The number of nitrogens with zero attached hydrogens (tertiary/aromatic N) is 7. The van der Waals surface area contributed by atoms with E-state index in [0.29, 0.717) is 17.7 Å². The highest BCUT2D eigenvalue weighted by atomic mass is 16.5. The van der Waals surface area contributed by atoms with Gasteiger partial charge < -0.3 is 9.15 Å². The van der Waals surface area contributed by atoms with Crippen LogP contribution in [0.25, 0.3) is 45.7 Å². The van der Waals surface area contributed by atoms with Gasteiger partial charge in [-0.25, -0.2) is 0 Å². The molecule has 10 nitrogen and oxygen atoms in total. The van der Waals surface area contributed by atoms with Gasteiger partial charge in [0.1, 0.15) is 0 Å². The molecule has 1 atom stereocenters. The van der Waals surface area contributed by atoms with Crippen molar-refractivity contribution in [3.8, 4) is 45.7 Å². The van der Waals surface area contributed by atoms with E-state index in [1.165, 1.54) is 0 Å². The molecule has 192 valence electrons. The maximum absolute atomic E-state index is 6.10. The fourth-order valence-corrected chi connectivity index (χ4v) is 4.22. The van der Waals surface area contributed by atoms with Crippen LogP contribution in [0.1, 0.15) is 17.4 Å². The van der Waals surface area contributed by atoms with Crippen molar-refractivity contribution in [2.45, 2.75) is 6.23 Å². The van der Waals surface area contributed by atoms with Gasteiger partial charge in [0.15, 0.2) is 0 Å². The van der Waals surface area contributed by atoms with E-state index < -0.39 is 6.23 Å². The Bertz CT molecular complexity index is 1790. The first-order valence-electron chi connectivity index (χ1n) is 12.5. The molecule has 0 saturated heterocycles. The van der Waals surface area contributed by atoms with E-state index in [1.807, 2.05) is 84.9 Å². The van der Waals surface area contributed by atoms with E-state index in [0.717, 1.165) is 45.0 Å². The number of benzene rings is 1. The lowest BCUT2D eigenvalue weighted by atomic mass is 10.1. The quantitative estimate of drug-likeness (QED) is 0.309. The number of hydrogen-bond acceptors (Lipinski definition) is 10. The zero-order valence-corrected chi connectivity index (χ0v) is 20.9. The topological polar surface area (TPSA) is 124 Å². The minimum absolute atomic E-state index is 0.378. The second kappa shape index (κ2) is 10.2. The molecule has 0 saturated carbocycles. The number of pyridine rings is 4. The van der Waals surface area contributed by atoms with Gasteiger partial charge in [-0.05, 0) is 60.7 Å². The summed E-state index contributed by atoms with van der Waals surface area (Å²) in [6.07, 6.45) is 6.42. The highest BCUT2D eigenvalue weighted by molar-refractivity contribution is 5.94. The van der Waals surface area contributed by atoms with E-state index in [2.05, 4.69) is 40.7 Å². The Morgan fingerprint density at radius 3 is 1.85 bits per heavy atom. The van der Waals surface area contributed by atoms with Gasteiger partial charge in [0.2, 0.25) is 23.9 Å². The lowest BCUT2D eigenvalue weighted by Gasteiger charge is -2.12. The van der Waals surface area contributed by atoms with Crippen LogP contribution < -0.4 is 5.43 Å². The lowest BCUT2D eigenvalue weighted by Crippen LogP contribution is -2.12. The largest absolute Gasteiger partial charge is 0.446 e. The van der Waals surface area contributed by atoms with Gasteiger partial charge in [0.05, 0.1) is 33.9 Å². The molecule has 10 heteroatoms. The first-order chi connectivity index (χ1) is 19.8. The number of ether oxygens (including phenoxy) is 1. The molecule has 1 unspecified atom stereocenters. The van der Waals surface area contributed by atoms with Crippen LogP contribution >= 0.6 is 0 Å². The normalized spacial score (nSPS) is 14.3. The van der Waals surface area contributed by atoms with Crippen molar-refractivity contribution in [3.63, 3.8) is 0 Å². The van der Waals surface area contributed by atoms with Crippen molar-refractivity contribution in [1.29, 1.82) is 0 Å². The molecule has 6 aromatic rings. The Labute approximate surface area is 228 Å². The Hall–Kier alpha value is -5.77. The van der Waals surface area contributed by atoms with Crippen LogP contribution in [0.2, 0.25) is 0 Å². The summed E-state index contributed by atoms with van der Waals surface area (Å²) in [5.74, 6) is 1.22. The van der Waals surface area contributed by atoms with Crippen LogP contribution in [0.5, 0.6) is 0 Å². The smallest absolute Gasteiger partial charge is 0.249 e. The highest BCUT2D eigenvalue weighted by Gasteiger charge is 2.23. The van der Waals surface area contributed by atoms with Gasteiger partial charge >= 0.3 is 0 Å². The zero-order chi connectivity index (χ0) is 26.7. The SMILES string of the molecule is c1ccc(-c2ccc(C3=NNC(c4cccc(-c5nnc(-c6ccc(-c7ccccn7)nc6)o5)c4)O3)cn2)nc1. The third-order valence-electron chi connectivity index (χ3n) is 6.25. The number of aromatic nitrogens is 6. The standard InChI is InChI=1S/C30H20N8O2/c1-3-14-31-23(8-1)25-12-10-21(17-33-25)29-37-35-27(39-29)19-6-5-7-20(16-19)28-36-38-30(40-28)22-11-13-26(34-18-22)24-9-2-4-15-32-24/h1-18,27,35H. The fourth-order valence-electron chi connectivity index (χ4n) is 4.22. The molecular weight excluding hydrogens is 504 g/mol. The number of hydrogen-bond donors (Lipinski definition) is 1. The van der Waals surface area contributed by atoms with E-state index in [4.69, 9.17) is 9.15 Å². The molecule has 0 aliphatic carbocycles. The summed E-state index contributed by atoms with van der Waals surface area (Å²) in [5.41, 5.74) is 9.28. The van der Waals surface area contributed by atoms with E-state index in [9.17, 15) is 0 Å². The van der Waals surface area contributed by atoms with Crippen LogP contribution in [0.15, 0.2) is 119 Å². The number of rotatable bonds is 6. The molecule has 1 N–H and O–H groups in total. The van der Waals surface area contributed by atoms with Crippen LogP contribution in [-0.2, 0) is 4.74 Å². The summed E-state index contributed by atoms with van der Waals surface area (Å²) < 4.78 is 12.1. The average molecular weight is 525 g/mol. The molecule has 0 radical (unpaired) electrons. The van der Waals surface area contributed by atoms with Crippen molar-refractivity contribution in [2.24, 2.45) is 5.10 Å². The van der Waals surface area contributed by atoms with Gasteiger partial charge in [-0.2, -0.15) is 0 Å². The van der Waals surface area contributed by atoms with Gasteiger partial charge in [0, 0.05) is 35.9 Å². The number of nitrogens with one attached hydrogen (secondary N) is 1. The fraction of sp³-hybridized carbons (Fsp3) is 0.0333. The second-order valence-corrected chi connectivity index (χ2v) is 8.88. The molecule has 5 aromatic heterocycles. The van der Waals surface area contributed by atoms with Crippen LogP contribution in [0.3, 0.4) is 0 Å². The van der Waals surface area contributed by atoms with Crippen molar-refractivity contribution < 1.29 is 9.15 Å². The van der Waals surface area contributed by atoms with E-state index >= 15 is 0 Å². The average Bonchev–Trinajstić information content (AvgIpc) is 3.74. The summed E-state index contributed by atoms with van der Waals surface area (Å²) in [6.45, 7) is 0. The minimum atomic E-state index is -0.476. The molecule has 40 heavy (non-hydrogen) atoms. The summed E-state index contributed by atoms with van der Waals surface area (Å²) in [5, 5.41) is 12.8. The Morgan fingerprint density at radius 2 is 1.23 bits per heavy atom. The van der Waals surface area contributed by atoms with Crippen molar-refractivity contribution in [1.82, 2.24) is 35.6 Å². The summed E-state index contributed by atoms with van der Waals surface area (Å²) in [7, 11) is 0. The van der Waals surface area contributed by atoms with Crippen molar-refractivity contribution in [2.75, 3.05) is 0 Å². The first-order valence-corrected chi connectivity index (χ1v) is 12.5. The summed E-state index contributed by atoms with van der Waals surface area (Å²) in [4.78, 5) is 17.7. The molecule has 1 aliphatic rings.